The highest BCUT2D eigenvalue weighted by atomic mass is 16.5. The van der Waals surface area contributed by atoms with Gasteiger partial charge in [0.2, 0.25) is 0 Å². The first-order valence-corrected chi connectivity index (χ1v) is 8.33. The van der Waals surface area contributed by atoms with E-state index in [1.807, 2.05) is 26.0 Å². The van der Waals surface area contributed by atoms with Crippen LogP contribution in [0.5, 0.6) is 5.75 Å². The van der Waals surface area contributed by atoms with E-state index in [4.69, 9.17) is 4.74 Å². The third-order valence-corrected chi connectivity index (χ3v) is 4.65. The van der Waals surface area contributed by atoms with Gasteiger partial charge in [-0.15, -0.1) is 0 Å². The first-order chi connectivity index (χ1) is 12.0. The van der Waals surface area contributed by atoms with Gasteiger partial charge in [-0.25, -0.2) is 14.7 Å². The van der Waals surface area contributed by atoms with Gasteiger partial charge in [0.15, 0.2) is 0 Å². The lowest BCUT2D eigenvalue weighted by molar-refractivity contribution is 0.193. The number of carbonyl (C=O) groups excluding carboxylic acids is 1. The number of piperidine rings is 1. The van der Waals surface area contributed by atoms with Crippen LogP contribution in [0, 0.1) is 13.8 Å². The van der Waals surface area contributed by atoms with Crippen molar-refractivity contribution in [3.63, 3.8) is 0 Å². The Morgan fingerprint density at radius 2 is 2.04 bits per heavy atom. The molecule has 0 saturated carbocycles. The van der Waals surface area contributed by atoms with Crippen molar-refractivity contribution in [1.82, 2.24) is 20.1 Å². The molecule has 0 atom stereocenters. The highest BCUT2D eigenvalue weighted by Crippen LogP contribution is 2.29. The van der Waals surface area contributed by atoms with Gasteiger partial charge < -0.3 is 15.0 Å². The molecule has 2 heterocycles. The van der Waals surface area contributed by atoms with Crippen LogP contribution in [0.25, 0.3) is 0 Å². The number of rotatable bonds is 3. The summed E-state index contributed by atoms with van der Waals surface area (Å²) in [5.41, 5.74) is 2.41. The summed E-state index contributed by atoms with van der Waals surface area (Å²) >= 11 is 0. The Hall–Kier alpha value is -2.77. The maximum Gasteiger partial charge on any atom is 0.340 e. The Bertz CT molecular complexity index is 818. The van der Waals surface area contributed by atoms with Gasteiger partial charge in [0, 0.05) is 30.3 Å². The molecule has 8 heteroatoms. The maximum absolute atomic E-state index is 12.6. The minimum absolute atomic E-state index is 0.121. The standard InChI is InChI=1S/C17H23N5O3/c1-10-8-13(11(2)14(9-10)25-3)18-17(24)22-6-4-12(5-7-22)15-19-16(23)21-20-15/h8-9,12H,4-7H2,1-3H3,(H,18,24)(H2,19,20,21,23). The summed E-state index contributed by atoms with van der Waals surface area (Å²) < 4.78 is 5.35. The van der Waals surface area contributed by atoms with E-state index in [1.165, 1.54) is 0 Å². The van der Waals surface area contributed by atoms with Crippen LogP contribution in [0.1, 0.15) is 35.7 Å². The zero-order valence-corrected chi connectivity index (χ0v) is 14.7. The number of benzene rings is 1. The zero-order valence-electron chi connectivity index (χ0n) is 14.7. The Morgan fingerprint density at radius 1 is 1.32 bits per heavy atom. The molecule has 1 aromatic heterocycles. The van der Waals surface area contributed by atoms with Crippen LogP contribution >= 0.6 is 0 Å². The number of likely N-dealkylation sites (tertiary alicyclic amines) is 1. The van der Waals surface area contributed by atoms with Crippen molar-refractivity contribution >= 4 is 11.7 Å². The van der Waals surface area contributed by atoms with Crippen LogP contribution in [-0.4, -0.2) is 46.3 Å². The molecule has 3 rings (SSSR count). The quantitative estimate of drug-likeness (QED) is 0.793. The minimum atomic E-state index is -0.293. The molecule has 3 N–H and O–H groups in total. The first kappa shape index (κ1) is 17.1. The number of urea groups is 1. The number of nitrogens with one attached hydrogen (secondary N) is 3. The van der Waals surface area contributed by atoms with E-state index in [9.17, 15) is 9.59 Å². The Labute approximate surface area is 145 Å². The number of hydrogen-bond donors (Lipinski definition) is 3. The second-order valence-corrected chi connectivity index (χ2v) is 6.39. The summed E-state index contributed by atoms with van der Waals surface area (Å²) in [6.07, 6.45) is 1.54. The molecule has 25 heavy (non-hydrogen) atoms. The van der Waals surface area contributed by atoms with E-state index in [2.05, 4.69) is 20.5 Å². The molecule has 134 valence electrons. The molecule has 0 unspecified atom stereocenters. The van der Waals surface area contributed by atoms with Gasteiger partial charge in [-0.2, -0.15) is 5.10 Å². The van der Waals surface area contributed by atoms with Crippen molar-refractivity contribution < 1.29 is 9.53 Å². The molecule has 1 aliphatic heterocycles. The number of ether oxygens (including phenoxy) is 1. The second kappa shape index (κ2) is 7.00. The number of methoxy groups -OCH3 is 1. The number of hydrogen-bond acceptors (Lipinski definition) is 4. The van der Waals surface area contributed by atoms with E-state index in [1.54, 1.807) is 12.0 Å². The van der Waals surface area contributed by atoms with Crippen LogP contribution < -0.4 is 15.7 Å². The van der Waals surface area contributed by atoms with Gasteiger partial charge in [0.25, 0.3) is 0 Å². The largest absolute Gasteiger partial charge is 0.496 e. The molecule has 8 nitrogen and oxygen atoms in total. The number of H-pyrrole nitrogens is 2. The van der Waals surface area contributed by atoms with Crippen LogP contribution in [0.3, 0.4) is 0 Å². The predicted molar refractivity (Wildman–Crippen MR) is 94.2 cm³/mol. The topological polar surface area (TPSA) is 103 Å². The molecule has 2 amide bonds. The highest BCUT2D eigenvalue weighted by molar-refractivity contribution is 5.90. The summed E-state index contributed by atoms with van der Waals surface area (Å²) in [7, 11) is 1.62. The molecule has 1 saturated heterocycles. The van der Waals surface area contributed by atoms with Gasteiger partial charge in [0.1, 0.15) is 11.6 Å². The molecular formula is C17H23N5O3. The summed E-state index contributed by atoms with van der Waals surface area (Å²) in [4.78, 5) is 28.2. The predicted octanol–water partition coefficient (Wildman–Crippen LogP) is 2.13. The molecular weight excluding hydrogens is 322 g/mol. The lowest BCUT2D eigenvalue weighted by atomic mass is 9.96. The van der Waals surface area contributed by atoms with Crippen LogP contribution in [0.2, 0.25) is 0 Å². The molecule has 1 aromatic carbocycles. The Balaban J connectivity index is 1.63. The number of nitrogens with zero attached hydrogens (tertiary/aromatic N) is 2. The molecule has 2 aromatic rings. The lowest BCUT2D eigenvalue weighted by Gasteiger charge is -2.31. The Morgan fingerprint density at radius 3 is 2.64 bits per heavy atom. The average Bonchev–Trinajstić information content (AvgIpc) is 3.04. The van der Waals surface area contributed by atoms with Gasteiger partial charge in [0.05, 0.1) is 7.11 Å². The number of amides is 2. The van der Waals surface area contributed by atoms with Crippen molar-refractivity contribution in [2.45, 2.75) is 32.6 Å². The average molecular weight is 345 g/mol. The smallest absolute Gasteiger partial charge is 0.340 e. The normalized spacial score (nSPS) is 15.2. The third-order valence-electron chi connectivity index (χ3n) is 4.65. The Kier molecular flexibility index (Phi) is 4.78. The number of anilines is 1. The van der Waals surface area contributed by atoms with Crippen LogP contribution in [0.4, 0.5) is 10.5 Å². The number of carbonyl (C=O) groups is 1. The fourth-order valence-corrected chi connectivity index (χ4v) is 3.19. The molecule has 0 bridgehead atoms. The van der Waals surface area contributed by atoms with Crippen molar-refractivity contribution in [2.75, 3.05) is 25.5 Å². The second-order valence-electron chi connectivity index (χ2n) is 6.39. The number of aromatic amines is 2. The number of aromatic nitrogens is 3. The van der Waals surface area contributed by atoms with E-state index in [0.717, 1.165) is 35.4 Å². The van der Waals surface area contributed by atoms with Crippen LogP contribution in [0.15, 0.2) is 16.9 Å². The molecule has 0 aliphatic carbocycles. The minimum Gasteiger partial charge on any atom is -0.496 e. The van der Waals surface area contributed by atoms with Crippen molar-refractivity contribution in [2.24, 2.45) is 0 Å². The lowest BCUT2D eigenvalue weighted by Crippen LogP contribution is -2.40. The van der Waals surface area contributed by atoms with Gasteiger partial charge in [-0.05, 0) is 44.4 Å². The third kappa shape index (κ3) is 3.67. The summed E-state index contributed by atoms with van der Waals surface area (Å²) in [6.45, 7) is 5.13. The number of aryl methyl sites for hydroxylation is 1. The van der Waals surface area contributed by atoms with Crippen LogP contribution in [-0.2, 0) is 0 Å². The molecule has 1 aliphatic rings. The monoisotopic (exact) mass is 345 g/mol. The summed E-state index contributed by atoms with van der Waals surface area (Å²) in [5.74, 6) is 1.60. The fourth-order valence-electron chi connectivity index (χ4n) is 3.19. The van der Waals surface area contributed by atoms with E-state index in [-0.39, 0.29) is 17.6 Å². The SMILES string of the molecule is COc1cc(C)cc(NC(=O)N2CCC(c3n[nH]c(=O)[nH]3)CC2)c1C. The highest BCUT2D eigenvalue weighted by Gasteiger charge is 2.26. The van der Waals surface area contributed by atoms with E-state index >= 15 is 0 Å². The zero-order chi connectivity index (χ0) is 18.0. The molecule has 0 radical (unpaired) electrons. The van der Waals surface area contributed by atoms with E-state index in [0.29, 0.717) is 18.9 Å². The van der Waals surface area contributed by atoms with Crippen molar-refractivity contribution in [1.29, 1.82) is 0 Å². The fraction of sp³-hybridized carbons (Fsp3) is 0.471. The molecule has 1 fully saturated rings. The van der Waals surface area contributed by atoms with Gasteiger partial charge in [-0.1, -0.05) is 0 Å². The van der Waals surface area contributed by atoms with Crippen molar-refractivity contribution in [3.05, 3.63) is 39.6 Å². The van der Waals surface area contributed by atoms with Gasteiger partial charge >= 0.3 is 11.7 Å². The van der Waals surface area contributed by atoms with Gasteiger partial charge in [-0.3, -0.25) is 4.98 Å². The molecule has 0 spiro atoms. The maximum atomic E-state index is 12.6. The summed E-state index contributed by atoms with van der Waals surface area (Å²) in [6, 6.07) is 3.77. The van der Waals surface area contributed by atoms with E-state index < -0.39 is 0 Å². The summed E-state index contributed by atoms with van der Waals surface area (Å²) in [5, 5.41) is 9.36. The van der Waals surface area contributed by atoms with Crippen molar-refractivity contribution in [3.8, 4) is 5.75 Å². The first-order valence-electron chi connectivity index (χ1n) is 8.33.